The summed E-state index contributed by atoms with van der Waals surface area (Å²) >= 11 is 11.9. The minimum atomic E-state index is -0.381. The molecule has 0 amide bonds. The van der Waals surface area contributed by atoms with E-state index in [-0.39, 0.29) is 25.1 Å². The fourth-order valence-corrected chi connectivity index (χ4v) is 2.30. The Balaban J connectivity index is 2.29. The minimum Gasteiger partial charge on any atom is -0.394 e. The second-order valence-corrected chi connectivity index (χ2v) is 4.49. The third kappa shape index (κ3) is 2.34. The first kappa shape index (κ1) is 12.1. The van der Waals surface area contributed by atoms with E-state index in [0.717, 1.165) is 5.56 Å². The molecule has 1 fully saturated rings. The van der Waals surface area contributed by atoms with Crippen LogP contribution in [-0.2, 0) is 9.47 Å². The maximum atomic E-state index is 9.19. The van der Waals surface area contributed by atoms with Crippen LogP contribution < -0.4 is 0 Å². The summed E-state index contributed by atoms with van der Waals surface area (Å²) in [7, 11) is 0. The van der Waals surface area contributed by atoms with Crippen molar-refractivity contribution in [3.05, 3.63) is 33.8 Å². The Morgan fingerprint density at radius 3 is 2.69 bits per heavy atom. The first-order valence-electron chi connectivity index (χ1n) is 4.98. The van der Waals surface area contributed by atoms with E-state index >= 15 is 0 Å². The molecule has 2 unspecified atom stereocenters. The van der Waals surface area contributed by atoms with Crippen LogP contribution >= 0.6 is 23.2 Å². The fraction of sp³-hybridized carbons (Fsp3) is 0.455. The topological polar surface area (TPSA) is 38.7 Å². The van der Waals surface area contributed by atoms with E-state index in [1.807, 2.05) is 0 Å². The molecule has 16 heavy (non-hydrogen) atoms. The largest absolute Gasteiger partial charge is 0.394 e. The molecule has 0 aromatic heterocycles. The summed E-state index contributed by atoms with van der Waals surface area (Å²) in [6.07, 6.45) is -1.06. The molecule has 1 N–H and O–H groups in total. The molecule has 0 spiro atoms. The fourth-order valence-electron chi connectivity index (χ4n) is 1.79. The van der Waals surface area contributed by atoms with Gasteiger partial charge in [0, 0.05) is 15.6 Å². The van der Waals surface area contributed by atoms with E-state index in [1.165, 1.54) is 0 Å². The van der Waals surface area contributed by atoms with Crippen molar-refractivity contribution in [3.8, 4) is 0 Å². The highest BCUT2D eigenvalue weighted by Crippen LogP contribution is 2.36. The van der Waals surface area contributed by atoms with Gasteiger partial charge in [0.1, 0.15) is 12.2 Å². The zero-order valence-corrected chi connectivity index (χ0v) is 10.2. The van der Waals surface area contributed by atoms with Crippen LogP contribution in [0, 0.1) is 0 Å². The zero-order chi connectivity index (χ0) is 11.7. The average molecular weight is 263 g/mol. The first-order chi connectivity index (χ1) is 7.61. The molecule has 2 rings (SSSR count). The molecule has 1 aromatic rings. The Kier molecular flexibility index (Phi) is 3.72. The molecule has 3 atom stereocenters. The molecule has 1 aromatic carbocycles. The average Bonchev–Trinajstić information content (AvgIpc) is 2.59. The van der Waals surface area contributed by atoms with Crippen molar-refractivity contribution in [1.29, 1.82) is 0 Å². The van der Waals surface area contributed by atoms with E-state index in [0.29, 0.717) is 10.0 Å². The summed E-state index contributed by atoms with van der Waals surface area (Å²) in [5, 5.41) is 10.3. The maximum Gasteiger partial charge on any atom is 0.156 e. The number of aliphatic hydroxyl groups is 1. The summed E-state index contributed by atoms with van der Waals surface area (Å²) in [5.41, 5.74) is 0.787. The summed E-state index contributed by atoms with van der Waals surface area (Å²) in [5.74, 6) is 0. The molecular weight excluding hydrogens is 251 g/mol. The normalized spacial score (nSPS) is 29.6. The van der Waals surface area contributed by atoms with Crippen LogP contribution in [0.3, 0.4) is 0 Å². The predicted molar refractivity (Wildman–Crippen MR) is 61.7 cm³/mol. The molecule has 88 valence electrons. The number of rotatable bonds is 2. The second kappa shape index (κ2) is 4.90. The van der Waals surface area contributed by atoms with Crippen LogP contribution in [0.4, 0.5) is 0 Å². The van der Waals surface area contributed by atoms with Gasteiger partial charge in [0.05, 0.1) is 6.61 Å². The Labute approximate surface area is 104 Å². The molecule has 1 aliphatic heterocycles. The van der Waals surface area contributed by atoms with Gasteiger partial charge in [0.25, 0.3) is 0 Å². The van der Waals surface area contributed by atoms with Gasteiger partial charge in [-0.3, -0.25) is 0 Å². The van der Waals surface area contributed by atoms with Gasteiger partial charge in [-0.25, -0.2) is 0 Å². The monoisotopic (exact) mass is 262 g/mol. The van der Waals surface area contributed by atoms with Crippen LogP contribution in [0.15, 0.2) is 18.2 Å². The lowest BCUT2D eigenvalue weighted by molar-refractivity contribution is -0.0563. The second-order valence-electron chi connectivity index (χ2n) is 3.65. The van der Waals surface area contributed by atoms with Crippen molar-refractivity contribution >= 4 is 23.2 Å². The van der Waals surface area contributed by atoms with E-state index < -0.39 is 0 Å². The smallest absolute Gasteiger partial charge is 0.156 e. The van der Waals surface area contributed by atoms with Gasteiger partial charge in [-0.1, -0.05) is 29.3 Å². The maximum absolute atomic E-state index is 9.19. The Morgan fingerprint density at radius 1 is 1.31 bits per heavy atom. The number of hydrogen-bond acceptors (Lipinski definition) is 3. The lowest BCUT2D eigenvalue weighted by Gasteiger charge is -2.16. The highest BCUT2D eigenvalue weighted by Gasteiger charge is 2.35. The third-order valence-electron chi connectivity index (χ3n) is 2.49. The minimum absolute atomic E-state index is 0.103. The van der Waals surface area contributed by atoms with Gasteiger partial charge >= 0.3 is 0 Å². The predicted octanol–water partition coefficient (Wildman–Crippen LogP) is 2.79. The van der Waals surface area contributed by atoms with Crippen LogP contribution in [0.1, 0.15) is 18.6 Å². The van der Waals surface area contributed by atoms with Gasteiger partial charge < -0.3 is 14.6 Å². The molecule has 5 heteroatoms. The lowest BCUT2D eigenvalue weighted by Crippen LogP contribution is -2.19. The number of aliphatic hydroxyl groups excluding tert-OH is 1. The van der Waals surface area contributed by atoms with Crippen molar-refractivity contribution < 1.29 is 14.6 Å². The summed E-state index contributed by atoms with van der Waals surface area (Å²) in [6, 6.07) is 5.18. The van der Waals surface area contributed by atoms with Crippen molar-refractivity contribution in [3.63, 3.8) is 0 Å². The molecule has 3 nitrogen and oxygen atoms in total. The van der Waals surface area contributed by atoms with Crippen LogP contribution in [0.5, 0.6) is 0 Å². The molecule has 0 radical (unpaired) electrons. The van der Waals surface area contributed by atoms with E-state index in [4.69, 9.17) is 32.7 Å². The standard InChI is InChI=1S/C11H12Cl2O3/c1-6-15-10(5-14)11(16-6)8-3-2-7(12)4-9(8)13/h2-4,6,10-11,14H,5H2,1H3/t6?,10?,11-/m1/s1. The van der Waals surface area contributed by atoms with Crippen molar-refractivity contribution in [2.45, 2.75) is 25.4 Å². The first-order valence-corrected chi connectivity index (χ1v) is 5.74. The number of benzene rings is 1. The van der Waals surface area contributed by atoms with Gasteiger partial charge in [0.2, 0.25) is 0 Å². The SMILES string of the molecule is CC1OC(CO)[C@@H](c2ccc(Cl)cc2Cl)O1. The van der Waals surface area contributed by atoms with Crippen molar-refractivity contribution in [2.75, 3.05) is 6.61 Å². The summed E-state index contributed by atoms with van der Waals surface area (Å²) in [6.45, 7) is 1.68. The van der Waals surface area contributed by atoms with E-state index in [2.05, 4.69) is 0 Å². The van der Waals surface area contributed by atoms with Gasteiger partial charge in [-0.15, -0.1) is 0 Å². The third-order valence-corrected chi connectivity index (χ3v) is 3.05. The van der Waals surface area contributed by atoms with E-state index in [9.17, 15) is 5.11 Å². The Hall–Kier alpha value is -0.320. The molecule has 1 heterocycles. The van der Waals surface area contributed by atoms with Crippen LogP contribution in [-0.4, -0.2) is 24.1 Å². The highest BCUT2D eigenvalue weighted by atomic mass is 35.5. The van der Waals surface area contributed by atoms with Gasteiger partial charge in [-0.2, -0.15) is 0 Å². The molecule has 0 aliphatic carbocycles. The number of ether oxygens (including phenoxy) is 2. The molecular formula is C11H12Cl2O3. The van der Waals surface area contributed by atoms with Crippen LogP contribution in [0.25, 0.3) is 0 Å². The lowest BCUT2D eigenvalue weighted by atomic mass is 10.1. The highest BCUT2D eigenvalue weighted by molar-refractivity contribution is 6.35. The van der Waals surface area contributed by atoms with Crippen molar-refractivity contribution in [1.82, 2.24) is 0 Å². The summed E-state index contributed by atoms with van der Waals surface area (Å²) in [4.78, 5) is 0. The van der Waals surface area contributed by atoms with Crippen molar-refractivity contribution in [2.24, 2.45) is 0 Å². The van der Waals surface area contributed by atoms with E-state index in [1.54, 1.807) is 25.1 Å². The number of halogens is 2. The van der Waals surface area contributed by atoms with Gasteiger partial charge in [0.15, 0.2) is 6.29 Å². The Morgan fingerprint density at radius 2 is 2.06 bits per heavy atom. The quantitative estimate of drug-likeness (QED) is 0.891. The van der Waals surface area contributed by atoms with Gasteiger partial charge in [-0.05, 0) is 19.1 Å². The molecule has 0 saturated carbocycles. The van der Waals surface area contributed by atoms with Crippen LogP contribution in [0.2, 0.25) is 10.0 Å². The molecule has 1 saturated heterocycles. The Bertz CT molecular complexity index is 383. The molecule has 0 bridgehead atoms. The number of hydrogen-bond donors (Lipinski definition) is 1. The summed E-state index contributed by atoms with van der Waals surface area (Å²) < 4.78 is 11.0. The molecule has 1 aliphatic rings. The zero-order valence-electron chi connectivity index (χ0n) is 8.69.